The van der Waals surface area contributed by atoms with Crippen LogP contribution in [0.2, 0.25) is 0 Å². The van der Waals surface area contributed by atoms with Crippen molar-refractivity contribution in [1.29, 1.82) is 0 Å². The van der Waals surface area contributed by atoms with Crippen molar-refractivity contribution in [2.24, 2.45) is 5.92 Å². The van der Waals surface area contributed by atoms with Crippen molar-refractivity contribution in [3.05, 3.63) is 0 Å². The van der Waals surface area contributed by atoms with Gasteiger partial charge in [0.1, 0.15) is 0 Å². The minimum atomic E-state index is -6.09. The first-order valence-corrected chi connectivity index (χ1v) is 7.88. The van der Waals surface area contributed by atoms with Crippen LogP contribution in [0.3, 0.4) is 0 Å². The van der Waals surface area contributed by atoms with Gasteiger partial charge in [-0.05, 0) is 12.8 Å². The second kappa shape index (κ2) is 8.06. The second-order valence-corrected chi connectivity index (χ2v) is 6.14. The SMILES string of the molecule is CCCC[NH+]1CCC(CC)C1.O=S(=O)([O-])C(F)(F)F. The highest BCUT2D eigenvalue weighted by molar-refractivity contribution is 7.86. The quantitative estimate of drug-likeness (QED) is 0.626. The zero-order valence-corrected chi connectivity index (χ0v) is 12.1. The first-order valence-electron chi connectivity index (χ1n) is 6.47. The number of halogens is 3. The van der Waals surface area contributed by atoms with E-state index in [-0.39, 0.29) is 0 Å². The van der Waals surface area contributed by atoms with Gasteiger partial charge in [0.15, 0.2) is 10.1 Å². The third kappa shape index (κ3) is 7.74. The molecule has 116 valence electrons. The molecule has 0 amide bonds. The Hall–Kier alpha value is -0.340. The lowest BCUT2D eigenvalue weighted by atomic mass is 10.1. The van der Waals surface area contributed by atoms with E-state index in [1.54, 1.807) is 0 Å². The van der Waals surface area contributed by atoms with Gasteiger partial charge in [0, 0.05) is 12.3 Å². The average Bonchev–Trinajstić information content (AvgIpc) is 2.72. The maximum atomic E-state index is 10.7. The Labute approximate surface area is 112 Å². The fraction of sp³-hybridized carbons (Fsp3) is 1.00. The number of hydrogen-bond acceptors (Lipinski definition) is 3. The Kier molecular flexibility index (Phi) is 7.92. The highest BCUT2D eigenvalue weighted by atomic mass is 32.2. The number of alkyl halides is 3. The molecule has 1 aliphatic heterocycles. The van der Waals surface area contributed by atoms with Gasteiger partial charge in [-0.1, -0.05) is 20.3 Å². The molecule has 0 spiro atoms. The van der Waals surface area contributed by atoms with Crippen LogP contribution in [-0.4, -0.2) is 38.1 Å². The lowest BCUT2D eigenvalue weighted by molar-refractivity contribution is -0.889. The standard InChI is InChI=1S/C10H21N.CHF3O3S/c1-3-5-7-11-8-6-10(4-2)9-11;2-1(3,4)8(5,6)7/h10H,3-9H2,1-2H3;(H,5,6,7). The molecule has 1 aliphatic rings. The fourth-order valence-corrected chi connectivity index (χ4v) is 2.02. The Bertz CT molecular complexity index is 344. The van der Waals surface area contributed by atoms with E-state index in [2.05, 4.69) is 13.8 Å². The van der Waals surface area contributed by atoms with Gasteiger partial charge in [-0.15, -0.1) is 0 Å². The van der Waals surface area contributed by atoms with E-state index in [4.69, 9.17) is 13.0 Å². The van der Waals surface area contributed by atoms with Crippen LogP contribution in [0.25, 0.3) is 0 Å². The van der Waals surface area contributed by atoms with E-state index < -0.39 is 15.6 Å². The van der Waals surface area contributed by atoms with Crippen LogP contribution in [0.1, 0.15) is 39.5 Å². The summed E-state index contributed by atoms with van der Waals surface area (Å²) in [7, 11) is -6.09. The molecule has 0 aromatic rings. The third-order valence-electron chi connectivity index (χ3n) is 3.23. The zero-order chi connectivity index (χ0) is 15.1. The van der Waals surface area contributed by atoms with E-state index in [1.807, 2.05) is 4.90 Å². The van der Waals surface area contributed by atoms with Crippen molar-refractivity contribution in [1.82, 2.24) is 0 Å². The van der Waals surface area contributed by atoms with Crippen molar-refractivity contribution in [2.75, 3.05) is 19.6 Å². The van der Waals surface area contributed by atoms with Crippen LogP contribution in [0.5, 0.6) is 0 Å². The lowest BCUT2D eigenvalue weighted by Crippen LogP contribution is -3.10. The van der Waals surface area contributed by atoms with Crippen LogP contribution in [0.15, 0.2) is 0 Å². The topological polar surface area (TPSA) is 61.6 Å². The summed E-state index contributed by atoms with van der Waals surface area (Å²) in [5, 5.41) is 0. The van der Waals surface area contributed by atoms with E-state index >= 15 is 0 Å². The molecule has 4 nitrogen and oxygen atoms in total. The third-order valence-corrected chi connectivity index (χ3v) is 3.80. The van der Waals surface area contributed by atoms with E-state index in [1.165, 1.54) is 45.3 Å². The Balaban J connectivity index is 0.000000362. The Morgan fingerprint density at radius 2 is 1.84 bits per heavy atom. The maximum absolute atomic E-state index is 10.7. The summed E-state index contributed by atoms with van der Waals surface area (Å²) in [5.74, 6) is 1.04. The second-order valence-electron chi connectivity index (χ2n) is 4.77. The molecule has 0 aromatic carbocycles. The lowest BCUT2D eigenvalue weighted by Gasteiger charge is -2.11. The molecular weight excluding hydrogens is 283 g/mol. The molecule has 0 radical (unpaired) electrons. The molecule has 2 atom stereocenters. The number of quaternary nitrogens is 1. The molecule has 0 bridgehead atoms. The van der Waals surface area contributed by atoms with Crippen LogP contribution in [-0.2, 0) is 10.1 Å². The number of hydrogen-bond donors (Lipinski definition) is 1. The minimum Gasteiger partial charge on any atom is -0.741 e. The van der Waals surface area contributed by atoms with Gasteiger partial charge in [-0.25, -0.2) is 8.42 Å². The molecule has 2 unspecified atom stereocenters. The summed E-state index contributed by atoms with van der Waals surface area (Å²) < 4.78 is 58.9. The summed E-state index contributed by atoms with van der Waals surface area (Å²) in [4.78, 5) is 1.86. The van der Waals surface area contributed by atoms with Crippen LogP contribution in [0.4, 0.5) is 13.2 Å². The van der Waals surface area contributed by atoms with Gasteiger partial charge < -0.3 is 9.45 Å². The number of rotatable bonds is 4. The van der Waals surface area contributed by atoms with Gasteiger partial charge >= 0.3 is 5.51 Å². The summed E-state index contributed by atoms with van der Waals surface area (Å²) in [6.45, 7) is 8.93. The van der Waals surface area contributed by atoms with Crippen LogP contribution < -0.4 is 4.90 Å². The predicted octanol–water partition coefficient (Wildman–Crippen LogP) is 1.15. The number of unbranched alkanes of at least 4 members (excludes halogenated alkanes) is 1. The molecule has 0 saturated carbocycles. The van der Waals surface area contributed by atoms with E-state index in [0.29, 0.717) is 0 Å². The van der Waals surface area contributed by atoms with Crippen molar-refractivity contribution in [2.45, 2.75) is 45.0 Å². The predicted molar refractivity (Wildman–Crippen MR) is 64.6 cm³/mol. The van der Waals surface area contributed by atoms with E-state index in [0.717, 1.165) is 5.92 Å². The molecule has 0 aliphatic carbocycles. The molecule has 1 fully saturated rings. The van der Waals surface area contributed by atoms with E-state index in [9.17, 15) is 13.2 Å². The molecule has 1 saturated heterocycles. The molecule has 1 heterocycles. The van der Waals surface area contributed by atoms with Crippen LogP contribution in [0, 0.1) is 5.92 Å². The van der Waals surface area contributed by atoms with Crippen molar-refractivity contribution >= 4 is 10.1 Å². The van der Waals surface area contributed by atoms with Gasteiger partial charge in [-0.2, -0.15) is 13.2 Å². The van der Waals surface area contributed by atoms with Crippen molar-refractivity contribution in [3.63, 3.8) is 0 Å². The van der Waals surface area contributed by atoms with Gasteiger partial charge in [-0.3, -0.25) is 0 Å². The van der Waals surface area contributed by atoms with Gasteiger partial charge in [0.25, 0.3) is 0 Å². The summed E-state index contributed by atoms with van der Waals surface area (Å²) >= 11 is 0. The molecule has 0 aromatic heterocycles. The van der Waals surface area contributed by atoms with Gasteiger partial charge in [0.05, 0.1) is 19.6 Å². The fourth-order valence-electron chi connectivity index (χ4n) is 2.02. The minimum absolute atomic E-state index is 1.04. The summed E-state index contributed by atoms with van der Waals surface area (Å²) in [5.41, 5.74) is -5.65. The average molecular weight is 305 g/mol. The smallest absolute Gasteiger partial charge is 0.485 e. The van der Waals surface area contributed by atoms with Crippen molar-refractivity contribution in [3.8, 4) is 0 Å². The first-order chi connectivity index (χ1) is 8.61. The molecule has 1 rings (SSSR count). The first kappa shape index (κ1) is 18.7. The maximum Gasteiger partial charge on any atom is 0.485 e. The van der Waals surface area contributed by atoms with Crippen molar-refractivity contribution < 1.29 is 31.0 Å². The largest absolute Gasteiger partial charge is 0.741 e. The molecule has 19 heavy (non-hydrogen) atoms. The number of nitrogens with one attached hydrogen (secondary N) is 1. The highest BCUT2D eigenvalue weighted by Gasteiger charge is 2.36. The molecule has 8 heteroatoms. The van der Waals surface area contributed by atoms with Gasteiger partial charge in [0.2, 0.25) is 0 Å². The normalized spacial score (nSPS) is 23.9. The molecular formula is C11H22F3NO3S. The number of likely N-dealkylation sites (tertiary alicyclic amines) is 1. The monoisotopic (exact) mass is 305 g/mol. The summed E-state index contributed by atoms with van der Waals surface area (Å²) in [6.07, 6.45) is 5.66. The Morgan fingerprint density at radius 3 is 2.16 bits per heavy atom. The highest BCUT2D eigenvalue weighted by Crippen LogP contribution is 2.20. The zero-order valence-electron chi connectivity index (χ0n) is 11.3. The Morgan fingerprint density at radius 1 is 1.32 bits per heavy atom. The molecule has 1 N–H and O–H groups in total. The summed E-state index contributed by atoms with van der Waals surface area (Å²) in [6, 6.07) is 0. The van der Waals surface area contributed by atoms with Crippen LogP contribution >= 0.6 is 0 Å².